The summed E-state index contributed by atoms with van der Waals surface area (Å²) in [7, 11) is 0. The Kier molecular flexibility index (Phi) is 2.20. The van der Waals surface area contributed by atoms with E-state index in [-0.39, 0.29) is 0 Å². The van der Waals surface area contributed by atoms with Crippen LogP contribution >= 0.6 is 0 Å². The van der Waals surface area contributed by atoms with Gasteiger partial charge < -0.3 is 10.1 Å². The summed E-state index contributed by atoms with van der Waals surface area (Å²) < 4.78 is 5.57. The highest BCUT2D eigenvalue weighted by Gasteiger charge is 2.65. The van der Waals surface area contributed by atoms with Gasteiger partial charge in [-0.25, -0.2) is 0 Å². The molecule has 0 spiro atoms. The third-order valence-corrected chi connectivity index (χ3v) is 4.78. The van der Waals surface area contributed by atoms with Crippen molar-refractivity contribution in [3.8, 4) is 0 Å². The fourth-order valence-electron chi connectivity index (χ4n) is 2.78. The molecule has 1 N–H and O–H groups in total. The van der Waals surface area contributed by atoms with Gasteiger partial charge in [-0.1, -0.05) is 27.7 Å². The van der Waals surface area contributed by atoms with Crippen LogP contribution < -0.4 is 5.32 Å². The summed E-state index contributed by atoms with van der Waals surface area (Å²) in [6.45, 7) is 12.5. The number of ether oxygens (including phenoxy) is 1. The second-order valence-electron chi connectivity index (χ2n) is 6.01. The quantitative estimate of drug-likeness (QED) is 0.732. The Bertz CT molecular complexity index is 220. The van der Waals surface area contributed by atoms with E-state index >= 15 is 0 Å². The van der Waals surface area contributed by atoms with E-state index < -0.39 is 0 Å². The van der Waals surface area contributed by atoms with E-state index in [0.717, 1.165) is 6.61 Å². The molecular weight excluding hydrogens is 174 g/mol. The third-order valence-electron chi connectivity index (χ3n) is 4.78. The summed E-state index contributed by atoms with van der Waals surface area (Å²) >= 11 is 0. The van der Waals surface area contributed by atoms with Gasteiger partial charge in [0, 0.05) is 18.7 Å². The highest BCUT2D eigenvalue weighted by atomic mass is 16.5. The molecule has 0 aromatic rings. The van der Waals surface area contributed by atoms with Gasteiger partial charge in [0.2, 0.25) is 0 Å². The second kappa shape index (κ2) is 2.96. The van der Waals surface area contributed by atoms with Crippen LogP contribution in [0.4, 0.5) is 0 Å². The molecule has 2 heteroatoms. The van der Waals surface area contributed by atoms with Gasteiger partial charge in [0.25, 0.3) is 0 Å². The summed E-state index contributed by atoms with van der Waals surface area (Å²) in [4.78, 5) is 0. The Hall–Kier alpha value is -0.0800. The van der Waals surface area contributed by atoms with Crippen molar-refractivity contribution < 1.29 is 4.74 Å². The standard InChI is InChI=1S/C12H23NO/c1-8-9(6-7-14-8)13-10-11(2,3)12(10,4)5/h8-10,13H,6-7H2,1-5H3. The van der Waals surface area contributed by atoms with E-state index in [0.29, 0.717) is 29.0 Å². The Balaban J connectivity index is 1.94. The molecule has 82 valence electrons. The molecule has 2 atom stereocenters. The van der Waals surface area contributed by atoms with E-state index in [9.17, 15) is 0 Å². The van der Waals surface area contributed by atoms with Gasteiger partial charge in [-0.15, -0.1) is 0 Å². The Morgan fingerprint density at radius 2 is 1.71 bits per heavy atom. The minimum atomic E-state index is 0.391. The van der Waals surface area contributed by atoms with Gasteiger partial charge in [-0.3, -0.25) is 0 Å². The molecule has 1 saturated heterocycles. The first-order chi connectivity index (χ1) is 6.37. The van der Waals surface area contributed by atoms with Crippen LogP contribution in [-0.4, -0.2) is 24.8 Å². The Morgan fingerprint density at radius 1 is 1.14 bits per heavy atom. The SMILES string of the molecule is CC1OCCC1NC1C(C)(C)C1(C)C. The molecular formula is C12H23NO. The highest BCUT2D eigenvalue weighted by molar-refractivity contribution is 5.18. The molecule has 0 amide bonds. The molecule has 2 aliphatic rings. The molecule has 1 aliphatic carbocycles. The number of hydrogen-bond acceptors (Lipinski definition) is 2. The van der Waals surface area contributed by atoms with Crippen molar-refractivity contribution in [1.82, 2.24) is 5.32 Å². The fourth-order valence-corrected chi connectivity index (χ4v) is 2.78. The van der Waals surface area contributed by atoms with Gasteiger partial charge in [0.1, 0.15) is 0 Å². The Morgan fingerprint density at radius 3 is 2.07 bits per heavy atom. The van der Waals surface area contributed by atoms with Crippen molar-refractivity contribution in [2.75, 3.05) is 6.61 Å². The highest BCUT2D eigenvalue weighted by Crippen LogP contribution is 2.62. The van der Waals surface area contributed by atoms with Crippen LogP contribution in [0.15, 0.2) is 0 Å². The van der Waals surface area contributed by atoms with Crippen molar-refractivity contribution in [2.45, 2.75) is 59.2 Å². The summed E-state index contributed by atoms with van der Waals surface area (Å²) in [5, 5.41) is 3.76. The second-order valence-corrected chi connectivity index (χ2v) is 6.01. The average Bonchev–Trinajstić information content (AvgIpc) is 2.46. The van der Waals surface area contributed by atoms with E-state index in [4.69, 9.17) is 4.74 Å². The van der Waals surface area contributed by atoms with Crippen molar-refractivity contribution in [3.05, 3.63) is 0 Å². The number of rotatable bonds is 2. The summed E-state index contributed by atoms with van der Waals surface area (Å²) in [5.41, 5.74) is 0.880. The maximum absolute atomic E-state index is 5.57. The monoisotopic (exact) mass is 197 g/mol. The van der Waals surface area contributed by atoms with E-state index in [1.807, 2.05) is 0 Å². The topological polar surface area (TPSA) is 21.3 Å². The third kappa shape index (κ3) is 1.31. The molecule has 2 fully saturated rings. The lowest BCUT2D eigenvalue weighted by Crippen LogP contribution is -2.38. The predicted octanol–water partition coefficient (Wildman–Crippen LogP) is 2.19. The Labute approximate surface area is 87.4 Å². The van der Waals surface area contributed by atoms with Crippen LogP contribution in [0.5, 0.6) is 0 Å². The van der Waals surface area contributed by atoms with Gasteiger partial charge in [-0.2, -0.15) is 0 Å². The first kappa shape index (κ1) is 10.4. The smallest absolute Gasteiger partial charge is 0.0700 e. The molecule has 0 aromatic heterocycles. The lowest BCUT2D eigenvalue weighted by Gasteiger charge is -2.17. The molecule has 2 unspecified atom stereocenters. The zero-order valence-corrected chi connectivity index (χ0v) is 10.1. The van der Waals surface area contributed by atoms with Crippen molar-refractivity contribution in [2.24, 2.45) is 10.8 Å². The predicted molar refractivity (Wildman–Crippen MR) is 58.3 cm³/mol. The maximum Gasteiger partial charge on any atom is 0.0700 e. The summed E-state index contributed by atoms with van der Waals surface area (Å²) in [6.07, 6.45) is 1.56. The van der Waals surface area contributed by atoms with Crippen molar-refractivity contribution in [3.63, 3.8) is 0 Å². The van der Waals surface area contributed by atoms with Crippen LogP contribution in [0.1, 0.15) is 41.0 Å². The fraction of sp³-hybridized carbons (Fsp3) is 1.00. The largest absolute Gasteiger partial charge is 0.377 e. The molecule has 1 aliphatic heterocycles. The van der Waals surface area contributed by atoms with E-state index in [1.165, 1.54) is 6.42 Å². The van der Waals surface area contributed by atoms with Crippen LogP contribution in [0.2, 0.25) is 0 Å². The zero-order chi connectivity index (χ0) is 10.6. The van der Waals surface area contributed by atoms with Crippen LogP contribution in [0.25, 0.3) is 0 Å². The first-order valence-corrected chi connectivity index (χ1v) is 5.75. The normalized spacial score (nSPS) is 40.1. The first-order valence-electron chi connectivity index (χ1n) is 5.75. The average molecular weight is 197 g/mol. The molecule has 2 rings (SSSR count). The number of nitrogens with one attached hydrogen (secondary N) is 1. The molecule has 0 aromatic carbocycles. The van der Waals surface area contributed by atoms with Crippen LogP contribution in [-0.2, 0) is 4.74 Å². The van der Waals surface area contributed by atoms with E-state index in [2.05, 4.69) is 39.9 Å². The minimum absolute atomic E-state index is 0.391. The molecule has 0 bridgehead atoms. The van der Waals surface area contributed by atoms with Crippen LogP contribution in [0.3, 0.4) is 0 Å². The lowest BCUT2D eigenvalue weighted by molar-refractivity contribution is 0.112. The summed E-state index contributed by atoms with van der Waals surface area (Å²) in [6, 6.07) is 1.23. The van der Waals surface area contributed by atoms with Gasteiger partial charge in [0.15, 0.2) is 0 Å². The molecule has 1 saturated carbocycles. The van der Waals surface area contributed by atoms with E-state index in [1.54, 1.807) is 0 Å². The molecule has 0 radical (unpaired) electrons. The number of hydrogen-bond donors (Lipinski definition) is 1. The molecule has 2 nitrogen and oxygen atoms in total. The van der Waals surface area contributed by atoms with Crippen molar-refractivity contribution in [1.29, 1.82) is 0 Å². The maximum atomic E-state index is 5.57. The molecule has 14 heavy (non-hydrogen) atoms. The van der Waals surface area contributed by atoms with Crippen molar-refractivity contribution >= 4 is 0 Å². The zero-order valence-electron chi connectivity index (χ0n) is 10.1. The van der Waals surface area contributed by atoms with Gasteiger partial charge in [0.05, 0.1) is 6.10 Å². The lowest BCUT2D eigenvalue weighted by atomic mass is 10.0. The molecule has 1 heterocycles. The van der Waals surface area contributed by atoms with Gasteiger partial charge in [-0.05, 0) is 24.2 Å². The van der Waals surface area contributed by atoms with Gasteiger partial charge >= 0.3 is 0 Å². The van der Waals surface area contributed by atoms with Crippen LogP contribution in [0, 0.1) is 10.8 Å². The minimum Gasteiger partial charge on any atom is -0.377 e. The summed E-state index contributed by atoms with van der Waals surface area (Å²) in [5.74, 6) is 0.